The normalized spacial score (nSPS) is 18.8. The molecule has 122 valence electrons. The quantitative estimate of drug-likeness (QED) is 0.933. The average molecular weight is 335 g/mol. The second-order valence-corrected chi connectivity index (χ2v) is 6.33. The Balaban J connectivity index is 1.61. The summed E-state index contributed by atoms with van der Waals surface area (Å²) in [7, 11) is 0. The van der Waals surface area contributed by atoms with Crippen LogP contribution >= 0.6 is 11.3 Å². The Bertz CT molecular complexity index is 674. The third-order valence-corrected chi connectivity index (χ3v) is 4.42. The highest BCUT2D eigenvalue weighted by Gasteiger charge is 2.22. The summed E-state index contributed by atoms with van der Waals surface area (Å²) in [6.07, 6.45) is -0.0576. The van der Waals surface area contributed by atoms with Crippen molar-refractivity contribution >= 4 is 22.4 Å². The molecule has 1 aliphatic heterocycles. The zero-order valence-corrected chi connectivity index (χ0v) is 13.6. The van der Waals surface area contributed by atoms with E-state index in [4.69, 9.17) is 4.74 Å². The number of hydrogen-bond acceptors (Lipinski definition) is 5. The molecule has 1 aromatic carbocycles. The van der Waals surface area contributed by atoms with Gasteiger partial charge in [-0.15, -0.1) is 11.3 Å². The molecule has 2 heterocycles. The van der Waals surface area contributed by atoms with Gasteiger partial charge in [-0.25, -0.2) is 9.37 Å². The Hall–Kier alpha value is -1.83. The van der Waals surface area contributed by atoms with Crippen LogP contribution in [0.3, 0.4) is 0 Å². The summed E-state index contributed by atoms with van der Waals surface area (Å²) in [5.74, 6) is -0.358. The molecule has 0 radical (unpaired) electrons. The zero-order chi connectivity index (χ0) is 16.2. The molecule has 0 spiro atoms. The van der Waals surface area contributed by atoms with Gasteiger partial charge in [-0.05, 0) is 17.7 Å². The van der Waals surface area contributed by atoms with E-state index in [0.29, 0.717) is 18.3 Å². The Morgan fingerprint density at radius 1 is 1.48 bits per heavy atom. The molecule has 1 fully saturated rings. The van der Waals surface area contributed by atoms with Gasteiger partial charge in [0.15, 0.2) is 5.13 Å². The summed E-state index contributed by atoms with van der Waals surface area (Å²) in [5.41, 5.74) is 1.91. The summed E-state index contributed by atoms with van der Waals surface area (Å²) < 4.78 is 18.8. The lowest BCUT2D eigenvalue weighted by Crippen LogP contribution is -2.37. The van der Waals surface area contributed by atoms with E-state index in [-0.39, 0.29) is 17.8 Å². The number of anilines is 1. The number of amides is 1. The number of nitrogens with one attached hydrogen (secondary N) is 1. The van der Waals surface area contributed by atoms with Crippen LogP contribution in [-0.4, -0.2) is 35.5 Å². The first-order valence-electron chi connectivity index (χ1n) is 7.41. The Morgan fingerprint density at radius 2 is 2.26 bits per heavy atom. The fourth-order valence-corrected chi connectivity index (χ4v) is 3.29. The van der Waals surface area contributed by atoms with Crippen molar-refractivity contribution in [2.75, 3.05) is 25.0 Å². The van der Waals surface area contributed by atoms with Gasteiger partial charge in [-0.2, -0.15) is 0 Å². The SMILES string of the molecule is CC(=O)Nc1nc(CN2CCOC(c3ccc(F)cc3)C2)cs1. The molecule has 23 heavy (non-hydrogen) atoms. The summed E-state index contributed by atoms with van der Waals surface area (Å²) >= 11 is 1.42. The number of halogens is 1. The van der Waals surface area contributed by atoms with Crippen LogP contribution in [0.5, 0.6) is 0 Å². The molecule has 1 unspecified atom stereocenters. The molecule has 0 bridgehead atoms. The van der Waals surface area contributed by atoms with Crippen LogP contribution in [0.15, 0.2) is 29.6 Å². The molecule has 7 heteroatoms. The third kappa shape index (κ3) is 4.34. The lowest BCUT2D eigenvalue weighted by atomic mass is 10.1. The number of carbonyl (C=O) groups is 1. The van der Waals surface area contributed by atoms with Crippen LogP contribution in [0.4, 0.5) is 9.52 Å². The fraction of sp³-hybridized carbons (Fsp3) is 0.375. The number of rotatable bonds is 4. The number of nitrogens with zero attached hydrogens (tertiary/aromatic N) is 2. The molecule has 1 aliphatic rings. The Morgan fingerprint density at radius 3 is 3.00 bits per heavy atom. The van der Waals surface area contributed by atoms with E-state index in [1.807, 2.05) is 5.38 Å². The fourth-order valence-electron chi connectivity index (χ4n) is 2.54. The van der Waals surface area contributed by atoms with Gasteiger partial charge in [0, 0.05) is 31.9 Å². The standard InChI is InChI=1S/C16H18FN3O2S/c1-11(21)18-16-19-14(10-23-16)8-20-6-7-22-15(9-20)12-2-4-13(17)5-3-12/h2-5,10,15H,6-9H2,1H3,(H,18,19,21). The second-order valence-electron chi connectivity index (χ2n) is 5.47. The van der Waals surface area contributed by atoms with Gasteiger partial charge in [0.2, 0.25) is 5.91 Å². The molecule has 1 aromatic heterocycles. The number of aromatic nitrogens is 1. The molecule has 3 rings (SSSR count). The molecule has 0 saturated carbocycles. The molecule has 1 saturated heterocycles. The van der Waals surface area contributed by atoms with Gasteiger partial charge in [0.25, 0.3) is 0 Å². The predicted molar refractivity (Wildman–Crippen MR) is 86.8 cm³/mol. The number of benzene rings is 1. The Labute approximate surface area is 138 Å². The van der Waals surface area contributed by atoms with Crippen molar-refractivity contribution in [1.82, 2.24) is 9.88 Å². The summed E-state index contributed by atoms with van der Waals surface area (Å²) in [6, 6.07) is 6.44. The minimum Gasteiger partial charge on any atom is -0.371 e. The van der Waals surface area contributed by atoms with Crippen molar-refractivity contribution in [2.45, 2.75) is 19.6 Å². The molecule has 1 amide bonds. The maximum atomic E-state index is 13.0. The van der Waals surface area contributed by atoms with Crippen molar-refractivity contribution < 1.29 is 13.9 Å². The minimum absolute atomic E-state index is 0.0576. The van der Waals surface area contributed by atoms with Crippen molar-refractivity contribution in [3.05, 3.63) is 46.7 Å². The predicted octanol–water partition coefficient (Wildman–Crippen LogP) is 2.81. The molecular weight excluding hydrogens is 317 g/mol. The number of hydrogen-bond donors (Lipinski definition) is 1. The summed E-state index contributed by atoms with van der Waals surface area (Å²) in [6.45, 7) is 4.36. The lowest BCUT2D eigenvalue weighted by molar-refractivity contribution is -0.114. The highest BCUT2D eigenvalue weighted by Crippen LogP contribution is 2.24. The molecule has 1 N–H and O–H groups in total. The topological polar surface area (TPSA) is 54.5 Å². The van der Waals surface area contributed by atoms with E-state index in [2.05, 4.69) is 15.2 Å². The smallest absolute Gasteiger partial charge is 0.223 e. The average Bonchev–Trinajstić information content (AvgIpc) is 2.94. The maximum Gasteiger partial charge on any atom is 0.223 e. The van der Waals surface area contributed by atoms with Crippen molar-refractivity contribution in [1.29, 1.82) is 0 Å². The van der Waals surface area contributed by atoms with E-state index < -0.39 is 0 Å². The van der Waals surface area contributed by atoms with E-state index in [0.717, 1.165) is 24.3 Å². The van der Waals surface area contributed by atoms with E-state index in [1.54, 1.807) is 12.1 Å². The number of morpholine rings is 1. The van der Waals surface area contributed by atoms with Gasteiger partial charge in [0.05, 0.1) is 18.4 Å². The molecule has 2 aromatic rings. The minimum atomic E-state index is -0.241. The molecular formula is C16H18FN3O2S. The van der Waals surface area contributed by atoms with Gasteiger partial charge < -0.3 is 10.1 Å². The van der Waals surface area contributed by atoms with Crippen LogP contribution in [0.1, 0.15) is 24.3 Å². The number of thiazole rings is 1. The van der Waals surface area contributed by atoms with Crippen molar-refractivity contribution in [2.24, 2.45) is 0 Å². The Kier molecular flexibility index (Phi) is 5.00. The van der Waals surface area contributed by atoms with Crippen LogP contribution in [0, 0.1) is 5.82 Å². The van der Waals surface area contributed by atoms with Gasteiger partial charge in [-0.1, -0.05) is 12.1 Å². The highest BCUT2D eigenvalue weighted by atomic mass is 32.1. The van der Waals surface area contributed by atoms with Gasteiger partial charge >= 0.3 is 0 Å². The first-order valence-corrected chi connectivity index (χ1v) is 8.29. The summed E-state index contributed by atoms with van der Waals surface area (Å²) in [4.78, 5) is 17.7. The van der Waals surface area contributed by atoms with Crippen molar-refractivity contribution in [3.8, 4) is 0 Å². The van der Waals surface area contributed by atoms with Gasteiger partial charge in [0.1, 0.15) is 5.82 Å². The van der Waals surface area contributed by atoms with E-state index >= 15 is 0 Å². The maximum absolute atomic E-state index is 13.0. The van der Waals surface area contributed by atoms with Crippen LogP contribution in [-0.2, 0) is 16.1 Å². The lowest BCUT2D eigenvalue weighted by Gasteiger charge is -2.32. The first-order chi connectivity index (χ1) is 11.1. The summed E-state index contributed by atoms with van der Waals surface area (Å²) in [5, 5.41) is 5.27. The molecule has 1 atom stereocenters. The largest absolute Gasteiger partial charge is 0.371 e. The van der Waals surface area contributed by atoms with Gasteiger partial charge in [-0.3, -0.25) is 9.69 Å². The van der Waals surface area contributed by atoms with E-state index in [9.17, 15) is 9.18 Å². The zero-order valence-electron chi connectivity index (χ0n) is 12.8. The molecule has 5 nitrogen and oxygen atoms in total. The van der Waals surface area contributed by atoms with Crippen molar-refractivity contribution in [3.63, 3.8) is 0 Å². The third-order valence-electron chi connectivity index (χ3n) is 3.61. The van der Waals surface area contributed by atoms with Crippen LogP contribution < -0.4 is 5.32 Å². The van der Waals surface area contributed by atoms with Crippen LogP contribution in [0.2, 0.25) is 0 Å². The first kappa shape index (κ1) is 16.0. The monoisotopic (exact) mass is 335 g/mol. The van der Waals surface area contributed by atoms with E-state index in [1.165, 1.54) is 30.4 Å². The number of ether oxygens (including phenoxy) is 1. The second kappa shape index (κ2) is 7.16. The molecule has 0 aliphatic carbocycles. The van der Waals surface area contributed by atoms with Crippen LogP contribution in [0.25, 0.3) is 0 Å². The highest BCUT2D eigenvalue weighted by molar-refractivity contribution is 7.13. The number of carbonyl (C=O) groups excluding carboxylic acids is 1.